The van der Waals surface area contributed by atoms with Crippen LogP contribution in [0, 0.1) is 0 Å². The third-order valence-electron chi connectivity index (χ3n) is 4.12. The predicted octanol–water partition coefficient (Wildman–Crippen LogP) is 4.41. The molecule has 1 aromatic rings. The summed E-state index contributed by atoms with van der Waals surface area (Å²) in [4.78, 5) is 20.7. The fourth-order valence-corrected chi connectivity index (χ4v) is 2.87. The molecule has 0 atom stereocenters. The van der Waals surface area contributed by atoms with Crippen molar-refractivity contribution in [2.75, 3.05) is 14.2 Å². The van der Waals surface area contributed by atoms with E-state index in [1.807, 2.05) is 6.07 Å². The smallest absolute Gasteiger partial charge is 0.224 e. The van der Waals surface area contributed by atoms with Crippen LogP contribution >= 0.6 is 0 Å². The molecule has 1 aliphatic rings. The largest absolute Gasteiger partial charge is 0.248 e. The maximum Gasteiger partial charge on any atom is 0.224 e. The van der Waals surface area contributed by atoms with Crippen LogP contribution in [0.2, 0.25) is 0 Å². The zero-order valence-corrected chi connectivity index (χ0v) is 15.1. The SMILES string of the molecule is CCCCCCC(=C1N(OC)OON1OC)c1ccccc1CC. The summed E-state index contributed by atoms with van der Waals surface area (Å²) in [5, 5.41) is 2.48. The quantitative estimate of drug-likeness (QED) is 0.492. The van der Waals surface area contributed by atoms with E-state index in [-0.39, 0.29) is 0 Å². The van der Waals surface area contributed by atoms with Gasteiger partial charge in [0.05, 0.1) is 14.2 Å². The lowest BCUT2D eigenvalue weighted by Crippen LogP contribution is -2.23. The van der Waals surface area contributed by atoms with Crippen molar-refractivity contribution in [3.05, 3.63) is 41.2 Å². The lowest BCUT2D eigenvalue weighted by Gasteiger charge is -2.20. The maximum atomic E-state index is 5.27. The van der Waals surface area contributed by atoms with Gasteiger partial charge in [-0.1, -0.05) is 77.8 Å². The Bertz CT molecular complexity index is 534. The summed E-state index contributed by atoms with van der Waals surface area (Å²) in [6.07, 6.45) is 6.54. The fourth-order valence-electron chi connectivity index (χ4n) is 2.87. The molecule has 2 rings (SSSR count). The number of allylic oxidation sites excluding steroid dienone is 1. The van der Waals surface area contributed by atoms with Gasteiger partial charge < -0.3 is 0 Å². The Morgan fingerprint density at radius 2 is 1.62 bits per heavy atom. The molecule has 0 aromatic heterocycles. The number of benzene rings is 1. The molecule has 0 bridgehead atoms. The van der Waals surface area contributed by atoms with Crippen molar-refractivity contribution < 1.29 is 19.7 Å². The van der Waals surface area contributed by atoms with Crippen molar-refractivity contribution in [2.24, 2.45) is 0 Å². The van der Waals surface area contributed by atoms with Gasteiger partial charge in [-0.3, -0.25) is 0 Å². The standard InChI is InChI=1S/C18H28N2O4/c1-5-7-8-9-14-17(16-13-11-10-12-15(16)6-2)18-19(21-3)23-24-20(18)22-4/h10-13H,5-9,14H2,1-4H3. The molecular weight excluding hydrogens is 308 g/mol. The highest BCUT2D eigenvalue weighted by Gasteiger charge is 2.34. The minimum Gasteiger partial charge on any atom is -0.248 e. The molecule has 24 heavy (non-hydrogen) atoms. The molecule has 134 valence electrons. The highest BCUT2D eigenvalue weighted by atomic mass is 17.4. The van der Waals surface area contributed by atoms with Gasteiger partial charge in [0.2, 0.25) is 5.82 Å². The van der Waals surface area contributed by atoms with E-state index >= 15 is 0 Å². The fraction of sp³-hybridized carbons (Fsp3) is 0.556. The zero-order chi connectivity index (χ0) is 17.4. The molecule has 1 fully saturated rings. The highest BCUT2D eigenvalue weighted by molar-refractivity contribution is 5.70. The minimum atomic E-state index is 0.623. The molecule has 1 heterocycles. The average molecular weight is 336 g/mol. The number of nitrogens with zero attached hydrogens (tertiary/aromatic N) is 2. The number of unbranched alkanes of at least 4 members (excludes halogenated alkanes) is 3. The number of aryl methyl sites for hydroxylation is 1. The highest BCUT2D eigenvalue weighted by Crippen LogP contribution is 2.34. The van der Waals surface area contributed by atoms with Crippen LogP contribution in [-0.2, 0) is 26.1 Å². The summed E-state index contributed by atoms with van der Waals surface area (Å²) in [5.74, 6) is 0.623. The van der Waals surface area contributed by atoms with Crippen LogP contribution in [0.3, 0.4) is 0 Å². The van der Waals surface area contributed by atoms with Crippen LogP contribution in [0.5, 0.6) is 0 Å². The zero-order valence-electron chi connectivity index (χ0n) is 15.1. The van der Waals surface area contributed by atoms with E-state index in [4.69, 9.17) is 19.7 Å². The summed E-state index contributed by atoms with van der Waals surface area (Å²) < 4.78 is 0. The predicted molar refractivity (Wildman–Crippen MR) is 91.4 cm³/mol. The van der Waals surface area contributed by atoms with Crippen LogP contribution in [-0.4, -0.2) is 24.7 Å². The van der Waals surface area contributed by atoms with Crippen molar-refractivity contribution >= 4 is 5.57 Å². The molecule has 1 aliphatic heterocycles. The number of hydrogen-bond acceptors (Lipinski definition) is 6. The van der Waals surface area contributed by atoms with Gasteiger partial charge in [-0.05, 0) is 30.4 Å². The summed E-state index contributed by atoms with van der Waals surface area (Å²) >= 11 is 0. The second kappa shape index (κ2) is 9.64. The van der Waals surface area contributed by atoms with E-state index in [1.54, 1.807) is 0 Å². The van der Waals surface area contributed by atoms with Crippen LogP contribution < -0.4 is 0 Å². The van der Waals surface area contributed by atoms with E-state index < -0.39 is 0 Å². The lowest BCUT2D eigenvalue weighted by molar-refractivity contribution is -0.534. The first-order chi connectivity index (χ1) is 11.8. The molecule has 0 aliphatic carbocycles. The molecule has 0 N–H and O–H groups in total. The summed E-state index contributed by atoms with van der Waals surface area (Å²) in [5.41, 5.74) is 3.53. The third-order valence-corrected chi connectivity index (χ3v) is 4.12. The molecule has 0 radical (unpaired) electrons. The van der Waals surface area contributed by atoms with Gasteiger partial charge in [-0.25, -0.2) is 9.68 Å². The summed E-state index contributed by atoms with van der Waals surface area (Å²) in [7, 11) is 3.06. The van der Waals surface area contributed by atoms with Gasteiger partial charge >= 0.3 is 0 Å². The van der Waals surface area contributed by atoms with E-state index in [1.165, 1.54) is 55.1 Å². The van der Waals surface area contributed by atoms with Crippen LogP contribution in [0.25, 0.3) is 5.57 Å². The Morgan fingerprint density at radius 3 is 2.21 bits per heavy atom. The van der Waals surface area contributed by atoms with E-state index in [9.17, 15) is 0 Å². The van der Waals surface area contributed by atoms with Gasteiger partial charge in [0.25, 0.3) is 0 Å². The van der Waals surface area contributed by atoms with Gasteiger partial charge in [-0.15, -0.1) is 0 Å². The van der Waals surface area contributed by atoms with Crippen molar-refractivity contribution in [2.45, 2.75) is 52.4 Å². The van der Waals surface area contributed by atoms with Crippen molar-refractivity contribution in [3.63, 3.8) is 0 Å². The van der Waals surface area contributed by atoms with Crippen LogP contribution in [0.15, 0.2) is 30.1 Å². The summed E-state index contributed by atoms with van der Waals surface area (Å²) in [6.45, 7) is 4.37. The Labute approximate surface area is 144 Å². The first kappa shape index (κ1) is 18.7. The minimum absolute atomic E-state index is 0.623. The first-order valence-corrected chi connectivity index (χ1v) is 8.61. The van der Waals surface area contributed by atoms with Crippen molar-refractivity contribution in [1.82, 2.24) is 10.5 Å². The molecular formula is C18H28N2O4. The van der Waals surface area contributed by atoms with E-state index in [2.05, 4.69) is 32.0 Å². The monoisotopic (exact) mass is 336 g/mol. The Morgan fingerprint density at radius 1 is 0.958 bits per heavy atom. The Kier molecular flexibility index (Phi) is 7.52. The molecule has 1 aromatic carbocycles. The van der Waals surface area contributed by atoms with Gasteiger partial charge in [0, 0.05) is 5.57 Å². The second-order valence-electron chi connectivity index (χ2n) is 5.65. The van der Waals surface area contributed by atoms with Gasteiger partial charge in [0.15, 0.2) is 0 Å². The molecule has 6 heteroatoms. The van der Waals surface area contributed by atoms with Crippen LogP contribution in [0.1, 0.15) is 57.1 Å². The second-order valence-corrected chi connectivity index (χ2v) is 5.65. The van der Waals surface area contributed by atoms with Crippen molar-refractivity contribution in [1.29, 1.82) is 0 Å². The van der Waals surface area contributed by atoms with Crippen LogP contribution in [0.4, 0.5) is 0 Å². The average Bonchev–Trinajstić information content (AvgIpc) is 3.04. The molecule has 0 spiro atoms. The van der Waals surface area contributed by atoms with Gasteiger partial charge in [0.1, 0.15) is 0 Å². The Hall–Kier alpha value is -1.60. The topological polar surface area (TPSA) is 43.4 Å². The van der Waals surface area contributed by atoms with E-state index in [0.29, 0.717) is 5.82 Å². The van der Waals surface area contributed by atoms with E-state index in [0.717, 1.165) is 24.8 Å². The maximum absolute atomic E-state index is 5.27. The third kappa shape index (κ3) is 4.27. The molecule has 0 amide bonds. The number of hydroxylamine groups is 4. The molecule has 0 unspecified atom stereocenters. The lowest BCUT2D eigenvalue weighted by atomic mass is 9.94. The Balaban J connectivity index is 2.42. The number of rotatable bonds is 9. The molecule has 1 saturated heterocycles. The summed E-state index contributed by atoms with van der Waals surface area (Å²) in [6, 6.07) is 8.38. The first-order valence-electron chi connectivity index (χ1n) is 8.61. The number of hydrogen-bond donors (Lipinski definition) is 0. The molecule has 6 nitrogen and oxygen atoms in total. The molecule has 0 saturated carbocycles. The normalized spacial score (nSPS) is 14.6. The van der Waals surface area contributed by atoms with Gasteiger partial charge in [-0.2, -0.15) is 0 Å². The van der Waals surface area contributed by atoms with Crippen molar-refractivity contribution in [3.8, 4) is 0 Å².